The first-order chi connectivity index (χ1) is 9.08. The van der Waals surface area contributed by atoms with Crippen molar-refractivity contribution in [3.8, 4) is 0 Å². The molecule has 5 heteroatoms. The van der Waals surface area contributed by atoms with Gasteiger partial charge in [-0.05, 0) is 25.1 Å². The normalized spacial score (nSPS) is 10.5. The van der Waals surface area contributed by atoms with Gasteiger partial charge in [0.05, 0.1) is 11.3 Å². The van der Waals surface area contributed by atoms with Gasteiger partial charge < -0.3 is 5.32 Å². The van der Waals surface area contributed by atoms with Crippen molar-refractivity contribution >= 4 is 5.91 Å². The zero-order valence-electron chi connectivity index (χ0n) is 11.0. The molecule has 0 spiro atoms. The first-order valence-corrected chi connectivity index (χ1v) is 6.10. The van der Waals surface area contributed by atoms with E-state index in [1.807, 2.05) is 20.0 Å². The third kappa shape index (κ3) is 3.19. The maximum Gasteiger partial charge on any atom is 0.254 e. The Kier molecular flexibility index (Phi) is 3.94. The van der Waals surface area contributed by atoms with E-state index in [0.717, 1.165) is 11.4 Å². The minimum atomic E-state index is -0.506. The van der Waals surface area contributed by atoms with E-state index in [1.165, 1.54) is 12.1 Å². The van der Waals surface area contributed by atoms with Crippen LogP contribution in [0.4, 0.5) is 4.39 Å². The minimum absolute atomic E-state index is 0.0692. The van der Waals surface area contributed by atoms with Gasteiger partial charge in [0, 0.05) is 25.7 Å². The SMILES string of the molecule is Cc1cc(CCNC(=O)c2ccccc2F)nn1C. The number of hydrogen-bond acceptors (Lipinski definition) is 2. The number of aryl methyl sites for hydroxylation is 2. The van der Waals surface area contributed by atoms with E-state index < -0.39 is 11.7 Å². The van der Waals surface area contributed by atoms with Gasteiger partial charge in [0.1, 0.15) is 5.82 Å². The summed E-state index contributed by atoms with van der Waals surface area (Å²) in [4.78, 5) is 11.8. The zero-order chi connectivity index (χ0) is 13.8. The lowest BCUT2D eigenvalue weighted by atomic mass is 10.2. The third-order valence-corrected chi connectivity index (χ3v) is 2.95. The summed E-state index contributed by atoms with van der Waals surface area (Å²) < 4.78 is 15.2. The summed E-state index contributed by atoms with van der Waals surface area (Å²) >= 11 is 0. The van der Waals surface area contributed by atoms with Crippen LogP contribution < -0.4 is 5.32 Å². The fourth-order valence-corrected chi connectivity index (χ4v) is 1.80. The predicted octanol–water partition coefficient (Wildman–Crippen LogP) is 1.84. The molecule has 0 saturated carbocycles. The molecule has 1 heterocycles. The Hall–Kier alpha value is -2.17. The lowest BCUT2D eigenvalue weighted by molar-refractivity contribution is 0.0950. The van der Waals surface area contributed by atoms with Crippen LogP contribution in [0.1, 0.15) is 21.7 Å². The van der Waals surface area contributed by atoms with Gasteiger partial charge in [-0.1, -0.05) is 12.1 Å². The van der Waals surface area contributed by atoms with Gasteiger partial charge in [-0.25, -0.2) is 4.39 Å². The molecule has 1 N–H and O–H groups in total. The van der Waals surface area contributed by atoms with E-state index in [4.69, 9.17) is 0 Å². The topological polar surface area (TPSA) is 46.9 Å². The number of aromatic nitrogens is 2. The van der Waals surface area contributed by atoms with Crippen molar-refractivity contribution < 1.29 is 9.18 Å². The van der Waals surface area contributed by atoms with Crippen LogP contribution in [-0.2, 0) is 13.5 Å². The monoisotopic (exact) mass is 261 g/mol. The van der Waals surface area contributed by atoms with E-state index in [2.05, 4.69) is 10.4 Å². The second kappa shape index (κ2) is 5.65. The summed E-state index contributed by atoms with van der Waals surface area (Å²) in [5, 5.41) is 6.98. The summed E-state index contributed by atoms with van der Waals surface area (Å²) in [5.41, 5.74) is 2.05. The number of benzene rings is 1. The molecule has 1 aromatic heterocycles. The lowest BCUT2D eigenvalue weighted by Gasteiger charge is -2.04. The molecule has 1 aromatic carbocycles. The molecule has 0 atom stereocenters. The molecule has 100 valence electrons. The van der Waals surface area contributed by atoms with Crippen molar-refractivity contribution in [2.45, 2.75) is 13.3 Å². The van der Waals surface area contributed by atoms with Crippen LogP contribution in [0.2, 0.25) is 0 Å². The average molecular weight is 261 g/mol. The number of hydrogen-bond donors (Lipinski definition) is 1. The summed E-state index contributed by atoms with van der Waals surface area (Å²) in [7, 11) is 1.87. The number of amides is 1. The molecule has 0 bridgehead atoms. The molecule has 0 fully saturated rings. The van der Waals surface area contributed by atoms with Crippen LogP contribution in [0.25, 0.3) is 0 Å². The quantitative estimate of drug-likeness (QED) is 0.913. The first-order valence-electron chi connectivity index (χ1n) is 6.10. The fourth-order valence-electron chi connectivity index (χ4n) is 1.80. The summed E-state index contributed by atoms with van der Waals surface area (Å²) in [6, 6.07) is 7.91. The zero-order valence-corrected chi connectivity index (χ0v) is 11.0. The lowest BCUT2D eigenvalue weighted by Crippen LogP contribution is -2.26. The Bertz CT molecular complexity index is 573. The van der Waals surface area contributed by atoms with Crippen molar-refractivity contribution in [2.24, 2.45) is 7.05 Å². The molecule has 2 aromatic rings. The number of halogens is 1. The second-order valence-corrected chi connectivity index (χ2v) is 4.39. The molecule has 0 radical (unpaired) electrons. The van der Waals surface area contributed by atoms with Gasteiger partial charge in [0.15, 0.2) is 0 Å². The Morgan fingerprint density at radius 1 is 1.42 bits per heavy atom. The van der Waals surface area contributed by atoms with Gasteiger partial charge in [-0.3, -0.25) is 9.48 Å². The van der Waals surface area contributed by atoms with E-state index in [9.17, 15) is 9.18 Å². The van der Waals surface area contributed by atoms with Crippen molar-refractivity contribution in [3.63, 3.8) is 0 Å². The first kappa shape index (κ1) is 13.3. The third-order valence-electron chi connectivity index (χ3n) is 2.95. The molecular formula is C14H16FN3O. The van der Waals surface area contributed by atoms with Gasteiger partial charge in [-0.2, -0.15) is 5.10 Å². The minimum Gasteiger partial charge on any atom is -0.352 e. The Labute approximate surface area is 111 Å². The fraction of sp³-hybridized carbons (Fsp3) is 0.286. The Morgan fingerprint density at radius 3 is 2.79 bits per heavy atom. The van der Waals surface area contributed by atoms with Crippen LogP contribution in [0.5, 0.6) is 0 Å². The maximum atomic E-state index is 13.4. The van der Waals surface area contributed by atoms with E-state index in [0.29, 0.717) is 13.0 Å². The maximum absolute atomic E-state index is 13.4. The number of rotatable bonds is 4. The number of carbonyl (C=O) groups is 1. The Balaban J connectivity index is 1.89. The summed E-state index contributed by atoms with van der Waals surface area (Å²) in [6.07, 6.45) is 0.627. The van der Waals surface area contributed by atoms with Gasteiger partial charge in [0.2, 0.25) is 0 Å². The largest absolute Gasteiger partial charge is 0.352 e. The van der Waals surface area contributed by atoms with Gasteiger partial charge in [0.25, 0.3) is 5.91 Å². The molecule has 0 unspecified atom stereocenters. The highest BCUT2D eigenvalue weighted by Crippen LogP contribution is 2.06. The number of nitrogens with one attached hydrogen (secondary N) is 1. The highest BCUT2D eigenvalue weighted by atomic mass is 19.1. The second-order valence-electron chi connectivity index (χ2n) is 4.39. The molecule has 19 heavy (non-hydrogen) atoms. The molecular weight excluding hydrogens is 245 g/mol. The van der Waals surface area contributed by atoms with Crippen LogP contribution in [0, 0.1) is 12.7 Å². The van der Waals surface area contributed by atoms with E-state index >= 15 is 0 Å². The molecule has 0 aliphatic heterocycles. The molecule has 0 aliphatic rings. The highest BCUT2D eigenvalue weighted by molar-refractivity contribution is 5.94. The van der Waals surface area contributed by atoms with Crippen molar-refractivity contribution in [2.75, 3.05) is 6.54 Å². The number of carbonyl (C=O) groups excluding carboxylic acids is 1. The van der Waals surface area contributed by atoms with Gasteiger partial charge in [-0.15, -0.1) is 0 Å². The van der Waals surface area contributed by atoms with Gasteiger partial charge >= 0.3 is 0 Å². The van der Waals surface area contributed by atoms with Crippen LogP contribution in [0.15, 0.2) is 30.3 Å². The summed E-state index contributed by atoms with van der Waals surface area (Å²) in [5.74, 6) is -0.903. The van der Waals surface area contributed by atoms with Crippen LogP contribution in [0.3, 0.4) is 0 Å². The number of nitrogens with zero attached hydrogens (tertiary/aromatic N) is 2. The summed E-state index contributed by atoms with van der Waals surface area (Å²) in [6.45, 7) is 2.40. The van der Waals surface area contributed by atoms with Crippen molar-refractivity contribution in [3.05, 3.63) is 53.1 Å². The molecule has 4 nitrogen and oxygen atoms in total. The van der Waals surface area contributed by atoms with Crippen molar-refractivity contribution in [1.29, 1.82) is 0 Å². The standard InChI is InChI=1S/C14H16FN3O/c1-10-9-11(17-18(10)2)7-8-16-14(19)12-5-3-4-6-13(12)15/h3-6,9H,7-8H2,1-2H3,(H,16,19). The molecule has 1 amide bonds. The van der Waals surface area contributed by atoms with Crippen LogP contribution >= 0.6 is 0 Å². The van der Waals surface area contributed by atoms with E-state index in [1.54, 1.807) is 16.8 Å². The average Bonchev–Trinajstić information content (AvgIpc) is 2.69. The molecule has 0 saturated heterocycles. The highest BCUT2D eigenvalue weighted by Gasteiger charge is 2.10. The predicted molar refractivity (Wildman–Crippen MR) is 70.4 cm³/mol. The smallest absolute Gasteiger partial charge is 0.254 e. The molecule has 0 aliphatic carbocycles. The Morgan fingerprint density at radius 2 is 2.16 bits per heavy atom. The van der Waals surface area contributed by atoms with Crippen molar-refractivity contribution in [1.82, 2.24) is 15.1 Å². The van der Waals surface area contributed by atoms with Crippen LogP contribution in [-0.4, -0.2) is 22.2 Å². The van der Waals surface area contributed by atoms with E-state index in [-0.39, 0.29) is 5.56 Å². The molecule has 2 rings (SSSR count).